The highest BCUT2D eigenvalue weighted by Crippen LogP contribution is 2.17. The molecule has 23 heavy (non-hydrogen) atoms. The van der Waals surface area contributed by atoms with Crippen LogP contribution >= 0.6 is 11.3 Å². The molecule has 1 aromatic heterocycles. The van der Waals surface area contributed by atoms with Gasteiger partial charge in [0.1, 0.15) is 5.01 Å². The first-order valence-electron chi connectivity index (χ1n) is 8.21. The Morgan fingerprint density at radius 2 is 2.13 bits per heavy atom. The van der Waals surface area contributed by atoms with Gasteiger partial charge in [0.2, 0.25) is 5.91 Å². The molecular formula is C18H23N3OS. The summed E-state index contributed by atoms with van der Waals surface area (Å²) in [6.45, 7) is 5.28. The number of aromatic nitrogens is 1. The van der Waals surface area contributed by atoms with Gasteiger partial charge in [-0.2, -0.15) is 0 Å². The van der Waals surface area contributed by atoms with Gasteiger partial charge < -0.3 is 5.32 Å². The van der Waals surface area contributed by atoms with E-state index in [4.69, 9.17) is 0 Å². The summed E-state index contributed by atoms with van der Waals surface area (Å²) in [6.07, 6.45) is 4.26. The quantitative estimate of drug-likeness (QED) is 0.911. The Hall–Kier alpha value is -1.72. The topological polar surface area (TPSA) is 45.2 Å². The van der Waals surface area contributed by atoms with Crippen LogP contribution in [0.1, 0.15) is 35.5 Å². The van der Waals surface area contributed by atoms with E-state index in [1.165, 1.54) is 32.4 Å². The fourth-order valence-corrected chi connectivity index (χ4v) is 3.74. The molecule has 0 bridgehead atoms. The molecule has 1 aliphatic heterocycles. The van der Waals surface area contributed by atoms with Crippen molar-refractivity contribution in [2.24, 2.45) is 0 Å². The van der Waals surface area contributed by atoms with Crippen molar-refractivity contribution in [3.05, 3.63) is 45.9 Å². The zero-order valence-corrected chi connectivity index (χ0v) is 14.4. The number of nitrogens with zero attached hydrogens (tertiary/aromatic N) is 2. The molecule has 2 aromatic rings. The maximum atomic E-state index is 12.1. The molecule has 1 saturated heterocycles. The van der Waals surface area contributed by atoms with E-state index >= 15 is 0 Å². The predicted octanol–water partition coefficient (Wildman–Crippen LogP) is 3.62. The molecule has 1 amide bonds. The number of rotatable bonds is 5. The average molecular weight is 329 g/mol. The van der Waals surface area contributed by atoms with Gasteiger partial charge in [-0.05, 0) is 50.6 Å². The number of anilines is 1. The van der Waals surface area contributed by atoms with Crippen molar-refractivity contribution in [1.82, 2.24) is 9.88 Å². The number of nitrogens with one attached hydrogen (secondary N) is 1. The van der Waals surface area contributed by atoms with Crippen molar-refractivity contribution in [3.8, 4) is 0 Å². The smallest absolute Gasteiger partial charge is 0.230 e. The number of amides is 1. The van der Waals surface area contributed by atoms with E-state index in [1.54, 1.807) is 11.3 Å². The van der Waals surface area contributed by atoms with Crippen LogP contribution in [0.2, 0.25) is 0 Å². The highest BCUT2D eigenvalue weighted by molar-refractivity contribution is 7.09. The lowest BCUT2D eigenvalue weighted by molar-refractivity contribution is -0.115. The molecule has 1 aliphatic rings. The monoisotopic (exact) mass is 329 g/mol. The van der Waals surface area contributed by atoms with Crippen molar-refractivity contribution >= 4 is 22.9 Å². The van der Waals surface area contributed by atoms with Gasteiger partial charge in [-0.15, -0.1) is 11.3 Å². The molecule has 0 radical (unpaired) electrons. The lowest BCUT2D eigenvalue weighted by Gasteiger charge is -2.25. The number of thiazole rings is 1. The summed E-state index contributed by atoms with van der Waals surface area (Å²) < 4.78 is 0. The number of aryl methyl sites for hydroxylation is 1. The van der Waals surface area contributed by atoms with E-state index in [2.05, 4.69) is 15.2 Å². The third-order valence-electron chi connectivity index (χ3n) is 4.05. The van der Waals surface area contributed by atoms with Gasteiger partial charge in [0.15, 0.2) is 0 Å². The van der Waals surface area contributed by atoms with Gasteiger partial charge >= 0.3 is 0 Å². The zero-order valence-electron chi connectivity index (χ0n) is 13.5. The fourth-order valence-electron chi connectivity index (χ4n) is 2.90. The number of carbonyl (C=O) groups is 1. The zero-order chi connectivity index (χ0) is 16.1. The van der Waals surface area contributed by atoms with Gasteiger partial charge in [0, 0.05) is 11.1 Å². The number of hydrogen-bond acceptors (Lipinski definition) is 4. The molecule has 4 nitrogen and oxygen atoms in total. The highest BCUT2D eigenvalue weighted by Gasteiger charge is 2.13. The summed E-state index contributed by atoms with van der Waals surface area (Å²) in [7, 11) is 0. The SMILES string of the molecule is Cc1cccc(NC(=O)Cc2csc(CN3CCCCC3)n2)c1. The van der Waals surface area contributed by atoms with Crippen LogP contribution in [0, 0.1) is 6.92 Å². The molecule has 3 rings (SSSR count). The van der Waals surface area contributed by atoms with Crippen LogP contribution in [-0.2, 0) is 17.8 Å². The van der Waals surface area contributed by atoms with E-state index in [-0.39, 0.29) is 5.91 Å². The van der Waals surface area contributed by atoms with Crippen molar-refractivity contribution in [2.45, 2.75) is 39.2 Å². The van der Waals surface area contributed by atoms with E-state index in [0.29, 0.717) is 6.42 Å². The van der Waals surface area contributed by atoms with Crippen LogP contribution in [0.25, 0.3) is 0 Å². The third kappa shape index (κ3) is 4.88. The largest absolute Gasteiger partial charge is 0.326 e. The molecule has 5 heteroatoms. The summed E-state index contributed by atoms with van der Waals surface area (Å²) in [6, 6.07) is 7.85. The van der Waals surface area contributed by atoms with Crippen molar-refractivity contribution in [2.75, 3.05) is 18.4 Å². The second kappa shape index (κ2) is 7.70. The Balaban J connectivity index is 1.52. The number of likely N-dealkylation sites (tertiary alicyclic amines) is 1. The Kier molecular flexibility index (Phi) is 5.41. The standard InChI is InChI=1S/C18H23N3OS/c1-14-6-5-7-15(10-14)19-17(22)11-16-13-23-18(20-16)12-21-8-3-2-4-9-21/h5-7,10,13H,2-4,8-9,11-12H2,1H3,(H,19,22). The van der Waals surface area contributed by atoms with Crippen LogP contribution in [0.4, 0.5) is 5.69 Å². The predicted molar refractivity (Wildman–Crippen MR) is 94.8 cm³/mol. The summed E-state index contributed by atoms with van der Waals surface area (Å²) in [4.78, 5) is 19.2. The van der Waals surface area contributed by atoms with Crippen molar-refractivity contribution < 1.29 is 4.79 Å². The number of carbonyl (C=O) groups excluding carboxylic acids is 1. The first-order valence-corrected chi connectivity index (χ1v) is 9.09. The molecule has 0 saturated carbocycles. The van der Waals surface area contributed by atoms with Crippen LogP contribution in [0.5, 0.6) is 0 Å². The first-order chi connectivity index (χ1) is 11.2. The van der Waals surface area contributed by atoms with Crippen LogP contribution in [-0.4, -0.2) is 28.9 Å². The van der Waals surface area contributed by atoms with E-state index < -0.39 is 0 Å². The molecule has 1 aromatic carbocycles. The molecule has 122 valence electrons. The molecule has 1 fully saturated rings. The summed E-state index contributed by atoms with van der Waals surface area (Å²) in [5, 5.41) is 6.06. The fraction of sp³-hybridized carbons (Fsp3) is 0.444. The second-order valence-electron chi connectivity index (χ2n) is 6.16. The Morgan fingerprint density at radius 3 is 2.91 bits per heavy atom. The molecular weight excluding hydrogens is 306 g/mol. The van der Waals surface area contributed by atoms with Crippen molar-refractivity contribution in [3.63, 3.8) is 0 Å². The van der Waals surface area contributed by atoms with Crippen LogP contribution in [0.3, 0.4) is 0 Å². The molecule has 1 N–H and O–H groups in total. The van der Waals surface area contributed by atoms with Crippen molar-refractivity contribution in [1.29, 1.82) is 0 Å². The molecule has 0 atom stereocenters. The molecule has 0 aliphatic carbocycles. The van der Waals surface area contributed by atoms with Crippen LogP contribution in [0.15, 0.2) is 29.6 Å². The van der Waals surface area contributed by atoms with Crippen LogP contribution < -0.4 is 5.32 Å². The van der Waals surface area contributed by atoms with Gasteiger partial charge in [-0.1, -0.05) is 18.6 Å². The highest BCUT2D eigenvalue weighted by atomic mass is 32.1. The maximum Gasteiger partial charge on any atom is 0.230 e. The van der Waals surface area contributed by atoms with Gasteiger partial charge in [0.05, 0.1) is 18.7 Å². The summed E-state index contributed by atoms with van der Waals surface area (Å²) >= 11 is 1.66. The molecule has 2 heterocycles. The van der Waals surface area contributed by atoms with Gasteiger partial charge in [-0.25, -0.2) is 4.98 Å². The number of benzene rings is 1. The Morgan fingerprint density at radius 1 is 1.30 bits per heavy atom. The minimum absolute atomic E-state index is 0.00887. The maximum absolute atomic E-state index is 12.1. The van der Waals surface area contributed by atoms with E-state index in [0.717, 1.165) is 28.5 Å². The summed E-state index contributed by atoms with van der Waals surface area (Å²) in [5.74, 6) is -0.00887. The lowest BCUT2D eigenvalue weighted by Crippen LogP contribution is -2.29. The lowest BCUT2D eigenvalue weighted by atomic mass is 10.1. The van der Waals surface area contributed by atoms with Gasteiger partial charge in [-0.3, -0.25) is 9.69 Å². The third-order valence-corrected chi connectivity index (χ3v) is 4.93. The number of hydrogen-bond donors (Lipinski definition) is 1. The van der Waals surface area contributed by atoms with Gasteiger partial charge in [0.25, 0.3) is 0 Å². The normalized spacial score (nSPS) is 15.5. The molecule has 0 unspecified atom stereocenters. The second-order valence-corrected chi connectivity index (χ2v) is 7.11. The summed E-state index contributed by atoms with van der Waals surface area (Å²) in [5.41, 5.74) is 2.85. The minimum Gasteiger partial charge on any atom is -0.326 e. The number of piperidine rings is 1. The Bertz CT molecular complexity index is 662. The Labute approximate surface area is 141 Å². The van der Waals surface area contributed by atoms with E-state index in [1.807, 2.05) is 36.6 Å². The first kappa shape index (κ1) is 16.1. The average Bonchev–Trinajstić information content (AvgIpc) is 2.95. The molecule has 0 spiro atoms. The van der Waals surface area contributed by atoms with E-state index in [9.17, 15) is 4.79 Å². The minimum atomic E-state index is -0.00887.